The molecule has 1 aromatic carbocycles. The first kappa shape index (κ1) is 9.48. The van der Waals surface area contributed by atoms with Crippen LogP contribution >= 0.6 is 27.3 Å². The number of azo groups is 1. The topological polar surface area (TPSA) is 37.6 Å². The molecule has 2 aromatic rings. The van der Waals surface area contributed by atoms with Crippen molar-refractivity contribution in [3.63, 3.8) is 0 Å². The SMILES string of the molecule is Brc1cnc(N=Nc2ccccc2)s1. The minimum atomic E-state index is 0.653. The molecule has 0 saturated heterocycles. The molecule has 0 bridgehead atoms. The maximum absolute atomic E-state index is 4.04. The van der Waals surface area contributed by atoms with Gasteiger partial charge in [-0.1, -0.05) is 29.5 Å². The first-order valence-electron chi connectivity index (χ1n) is 3.93. The highest BCUT2D eigenvalue weighted by Gasteiger charge is 1.95. The Kier molecular flexibility index (Phi) is 3.00. The minimum absolute atomic E-state index is 0.653. The standard InChI is InChI=1S/C9H6BrN3S/c10-8-6-11-9(14-8)13-12-7-4-2-1-3-5-7/h1-6H. The summed E-state index contributed by atoms with van der Waals surface area (Å²) in [6.07, 6.45) is 1.71. The summed E-state index contributed by atoms with van der Waals surface area (Å²) in [5.41, 5.74) is 0.832. The summed E-state index contributed by atoms with van der Waals surface area (Å²) in [5, 5.41) is 8.70. The average Bonchev–Trinajstić information content (AvgIpc) is 2.63. The lowest BCUT2D eigenvalue weighted by Gasteiger charge is -1.87. The smallest absolute Gasteiger partial charge is 0.224 e. The van der Waals surface area contributed by atoms with Gasteiger partial charge in [-0.25, -0.2) is 4.98 Å². The highest BCUT2D eigenvalue weighted by molar-refractivity contribution is 9.11. The Bertz CT molecular complexity index is 438. The highest BCUT2D eigenvalue weighted by Crippen LogP contribution is 2.26. The molecule has 0 fully saturated rings. The van der Waals surface area contributed by atoms with Crippen molar-refractivity contribution in [1.29, 1.82) is 0 Å². The predicted octanol–water partition coefficient (Wildman–Crippen LogP) is 4.32. The zero-order valence-electron chi connectivity index (χ0n) is 7.09. The van der Waals surface area contributed by atoms with Gasteiger partial charge in [-0.05, 0) is 28.1 Å². The molecule has 0 aliphatic heterocycles. The largest absolute Gasteiger partial charge is 0.230 e. The summed E-state index contributed by atoms with van der Waals surface area (Å²) in [7, 11) is 0. The number of aromatic nitrogens is 1. The molecule has 0 radical (unpaired) electrons. The summed E-state index contributed by atoms with van der Waals surface area (Å²) in [6.45, 7) is 0. The van der Waals surface area contributed by atoms with Gasteiger partial charge in [0.05, 0.1) is 15.7 Å². The zero-order valence-corrected chi connectivity index (χ0v) is 9.49. The van der Waals surface area contributed by atoms with Crippen LogP contribution in [0.4, 0.5) is 10.8 Å². The summed E-state index contributed by atoms with van der Waals surface area (Å²) in [4.78, 5) is 4.04. The molecule has 5 heteroatoms. The van der Waals surface area contributed by atoms with E-state index in [9.17, 15) is 0 Å². The molecule has 70 valence electrons. The van der Waals surface area contributed by atoms with Gasteiger partial charge in [0.15, 0.2) is 0 Å². The Morgan fingerprint density at radius 2 is 1.93 bits per heavy atom. The van der Waals surface area contributed by atoms with Gasteiger partial charge < -0.3 is 0 Å². The van der Waals surface area contributed by atoms with E-state index in [0.29, 0.717) is 5.13 Å². The molecule has 14 heavy (non-hydrogen) atoms. The van der Waals surface area contributed by atoms with Crippen LogP contribution in [0.25, 0.3) is 0 Å². The van der Waals surface area contributed by atoms with Gasteiger partial charge >= 0.3 is 0 Å². The van der Waals surface area contributed by atoms with E-state index in [1.807, 2.05) is 30.3 Å². The molecule has 3 nitrogen and oxygen atoms in total. The third-order valence-electron chi connectivity index (χ3n) is 1.47. The summed E-state index contributed by atoms with van der Waals surface area (Å²) in [6, 6.07) is 9.58. The maximum Gasteiger partial charge on any atom is 0.230 e. The van der Waals surface area contributed by atoms with Gasteiger partial charge in [0, 0.05) is 0 Å². The molecule has 0 amide bonds. The molecular formula is C9H6BrN3S. The van der Waals surface area contributed by atoms with Gasteiger partial charge in [-0.3, -0.25) is 0 Å². The van der Waals surface area contributed by atoms with E-state index >= 15 is 0 Å². The molecule has 2 rings (SSSR count). The summed E-state index contributed by atoms with van der Waals surface area (Å²) >= 11 is 4.76. The van der Waals surface area contributed by atoms with Gasteiger partial charge in [0.2, 0.25) is 5.13 Å². The summed E-state index contributed by atoms with van der Waals surface area (Å²) in [5.74, 6) is 0. The number of benzene rings is 1. The predicted molar refractivity (Wildman–Crippen MR) is 60.4 cm³/mol. The number of nitrogens with zero attached hydrogens (tertiary/aromatic N) is 3. The van der Waals surface area contributed by atoms with Crippen molar-refractivity contribution in [2.24, 2.45) is 10.2 Å². The molecule has 0 aliphatic carbocycles. The third kappa shape index (κ3) is 2.46. The lowest BCUT2D eigenvalue weighted by atomic mass is 10.3. The van der Waals surface area contributed by atoms with Crippen LogP contribution in [0.5, 0.6) is 0 Å². The number of thiazole rings is 1. The third-order valence-corrected chi connectivity index (χ3v) is 2.83. The van der Waals surface area contributed by atoms with Crippen LogP contribution in [0.2, 0.25) is 0 Å². The number of halogens is 1. The Labute approximate surface area is 93.7 Å². The van der Waals surface area contributed by atoms with Gasteiger partial charge in [0.25, 0.3) is 0 Å². The monoisotopic (exact) mass is 267 g/mol. The van der Waals surface area contributed by atoms with Crippen LogP contribution in [0.3, 0.4) is 0 Å². The van der Waals surface area contributed by atoms with Crippen LogP contribution in [0.15, 0.2) is 50.5 Å². The van der Waals surface area contributed by atoms with Crippen LogP contribution in [0.1, 0.15) is 0 Å². The molecule has 0 aliphatic rings. The van der Waals surface area contributed by atoms with Crippen molar-refractivity contribution in [1.82, 2.24) is 4.98 Å². The van der Waals surface area contributed by atoms with Crippen molar-refractivity contribution >= 4 is 38.1 Å². The first-order valence-corrected chi connectivity index (χ1v) is 5.54. The molecule has 0 unspecified atom stereocenters. The second-order valence-corrected chi connectivity index (χ2v) is 4.87. The molecule has 0 spiro atoms. The van der Waals surface area contributed by atoms with E-state index in [0.717, 1.165) is 9.47 Å². The average molecular weight is 268 g/mol. The van der Waals surface area contributed by atoms with Crippen LogP contribution in [0, 0.1) is 0 Å². The minimum Gasteiger partial charge on any atom is -0.224 e. The van der Waals surface area contributed by atoms with Crippen molar-refractivity contribution in [2.45, 2.75) is 0 Å². The molecule has 1 aromatic heterocycles. The van der Waals surface area contributed by atoms with E-state index in [2.05, 4.69) is 31.1 Å². The second kappa shape index (κ2) is 4.43. The Morgan fingerprint density at radius 1 is 1.14 bits per heavy atom. The fourth-order valence-electron chi connectivity index (χ4n) is 0.887. The first-order chi connectivity index (χ1) is 6.84. The molecular weight excluding hydrogens is 262 g/mol. The molecule has 0 atom stereocenters. The van der Waals surface area contributed by atoms with Gasteiger partial charge in [-0.15, -0.1) is 10.2 Å². The van der Waals surface area contributed by atoms with Crippen molar-refractivity contribution in [2.75, 3.05) is 0 Å². The van der Waals surface area contributed by atoms with E-state index in [1.54, 1.807) is 6.20 Å². The van der Waals surface area contributed by atoms with Crippen LogP contribution < -0.4 is 0 Å². The lowest BCUT2D eigenvalue weighted by molar-refractivity contribution is 1.20. The summed E-state index contributed by atoms with van der Waals surface area (Å²) < 4.78 is 0.958. The van der Waals surface area contributed by atoms with Crippen LogP contribution in [-0.2, 0) is 0 Å². The van der Waals surface area contributed by atoms with E-state index in [1.165, 1.54) is 11.3 Å². The van der Waals surface area contributed by atoms with E-state index < -0.39 is 0 Å². The fraction of sp³-hybridized carbons (Fsp3) is 0. The van der Waals surface area contributed by atoms with Gasteiger partial charge in [-0.2, -0.15) is 0 Å². The van der Waals surface area contributed by atoms with Crippen molar-refractivity contribution in [3.8, 4) is 0 Å². The lowest BCUT2D eigenvalue weighted by Crippen LogP contribution is -1.60. The molecule has 0 saturated carbocycles. The van der Waals surface area contributed by atoms with E-state index in [4.69, 9.17) is 0 Å². The fourth-order valence-corrected chi connectivity index (χ4v) is 1.89. The maximum atomic E-state index is 4.04. The quantitative estimate of drug-likeness (QED) is 0.747. The normalized spacial score (nSPS) is 10.9. The number of hydrogen-bond acceptors (Lipinski definition) is 4. The number of hydrogen-bond donors (Lipinski definition) is 0. The van der Waals surface area contributed by atoms with Crippen molar-refractivity contribution < 1.29 is 0 Å². The highest BCUT2D eigenvalue weighted by atomic mass is 79.9. The van der Waals surface area contributed by atoms with Crippen molar-refractivity contribution in [3.05, 3.63) is 40.3 Å². The zero-order chi connectivity index (χ0) is 9.80. The van der Waals surface area contributed by atoms with Gasteiger partial charge in [0.1, 0.15) is 0 Å². The number of rotatable bonds is 2. The van der Waals surface area contributed by atoms with E-state index in [-0.39, 0.29) is 0 Å². The second-order valence-electron chi connectivity index (χ2n) is 2.48. The van der Waals surface area contributed by atoms with Crippen LogP contribution in [-0.4, -0.2) is 4.98 Å². The Hall–Kier alpha value is -1.07. The molecule has 1 heterocycles. The molecule has 0 N–H and O–H groups in total. The Balaban J connectivity index is 2.15. The Morgan fingerprint density at radius 3 is 2.57 bits per heavy atom.